The van der Waals surface area contributed by atoms with Crippen LogP contribution in [0.4, 0.5) is 0 Å². The van der Waals surface area contributed by atoms with Crippen molar-refractivity contribution in [2.75, 3.05) is 0 Å². The third kappa shape index (κ3) is 12.1. The number of benzene rings is 7. The number of hydrogen-bond acceptors (Lipinski definition) is 0. The molecular formula is C58H46FeP2Pd+2. The van der Waals surface area contributed by atoms with Crippen molar-refractivity contribution in [2.24, 2.45) is 0 Å². The summed E-state index contributed by atoms with van der Waals surface area (Å²) in [5, 5.41) is 5.63. The summed E-state index contributed by atoms with van der Waals surface area (Å²) in [5.74, 6) is 0. The maximum Gasteiger partial charge on any atom is 2.00 e. The molecule has 0 nitrogen and oxygen atoms in total. The zero-order valence-corrected chi connectivity index (χ0v) is 38.6. The summed E-state index contributed by atoms with van der Waals surface area (Å²) in [5.41, 5.74) is 11.2. The first-order chi connectivity index (χ1) is 29.7. The van der Waals surface area contributed by atoms with Crippen LogP contribution in [0.2, 0.25) is 0 Å². The summed E-state index contributed by atoms with van der Waals surface area (Å²) in [6.07, 6.45) is 19.7. The Labute approximate surface area is 398 Å². The molecule has 0 amide bonds. The summed E-state index contributed by atoms with van der Waals surface area (Å²) in [6.45, 7) is 4.42. The van der Waals surface area contributed by atoms with Gasteiger partial charge in [0.1, 0.15) is 0 Å². The van der Waals surface area contributed by atoms with E-state index >= 15 is 0 Å². The van der Waals surface area contributed by atoms with E-state index in [1.807, 2.05) is 6.07 Å². The van der Waals surface area contributed by atoms with Gasteiger partial charge in [0, 0.05) is 31.7 Å². The van der Waals surface area contributed by atoms with Crippen molar-refractivity contribution in [2.45, 2.75) is 0 Å². The minimum Gasteiger partial charge on any atom is -0.0905 e. The second kappa shape index (κ2) is 24.6. The predicted octanol–water partition coefficient (Wildman–Crippen LogP) is 13.2. The van der Waals surface area contributed by atoms with E-state index in [4.69, 9.17) is 0 Å². The standard InChI is InChI=1S/C24H18.2C17H14P.Fe.Pd/c1-18-22(19-11-5-2-6-12-19)17-23(20-13-7-3-8-14-20)24(18)21-15-9-4-10-16-21;2*1-3-9-15(10-4-1)18(17-13-7-8-14-17)16-11-5-2-6-12-16;;/h2-17H,1H2;2*1-14H;;/q;;;+2;. The number of hydrogen-bond donors (Lipinski definition) is 0. The fraction of sp³-hybridized carbons (Fsp3) is 0. The Hall–Kier alpha value is -4.20. The summed E-state index contributed by atoms with van der Waals surface area (Å²) in [6, 6.07) is 74.7. The summed E-state index contributed by atoms with van der Waals surface area (Å²) >= 11 is 0. The van der Waals surface area contributed by atoms with Gasteiger partial charge in [0.2, 0.25) is 0 Å². The quantitative estimate of drug-likeness (QED) is 0.0999. The molecule has 0 heterocycles. The van der Waals surface area contributed by atoms with E-state index in [2.05, 4.69) is 270 Å². The molecule has 304 valence electrons. The molecule has 2 fully saturated rings. The molecule has 0 atom stereocenters. The number of rotatable bonds is 9. The molecule has 0 saturated heterocycles. The third-order valence-corrected chi connectivity index (χ3v) is 15.2. The fourth-order valence-corrected chi connectivity index (χ4v) is 12.1. The van der Waals surface area contributed by atoms with E-state index < -0.39 is 15.8 Å². The molecule has 10 rings (SSSR count). The van der Waals surface area contributed by atoms with Crippen molar-refractivity contribution >= 4 is 53.8 Å². The second-order valence-corrected chi connectivity index (χ2v) is 18.7. The average Bonchev–Trinajstić information content (AvgIpc) is 4.13. The van der Waals surface area contributed by atoms with Crippen LogP contribution in [0.15, 0.2) is 231 Å². The van der Waals surface area contributed by atoms with Gasteiger partial charge in [-0.15, -0.1) is 0 Å². The van der Waals surface area contributed by atoms with Gasteiger partial charge in [0.25, 0.3) is 0 Å². The van der Waals surface area contributed by atoms with E-state index in [1.54, 1.807) is 0 Å². The molecule has 7 aromatic rings. The van der Waals surface area contributed by atoms with E-state index in [9.17, 15) is 0 Å². The molecule has 0 spiro atoms. The monoisotopic (exact) mass is 966 g/mol. The minimum atomic E-state index is -0.409. The van der Waals surface area contributed by atoms with Crippen LogP contribution < -0.4 is 21.2 Å². The van der Waals surface area contributed by atoms with Crippen molar-refractivity contribution < 1.29 is 37.5 Å². The first kappa shape index (κ1) is 47.3. The molecule has 0 N–H and O–H groups in total. The largest absolute Gasteiger partial charge is 2.00 e. The van der Waals surface area contributed by atoms with Crippen molar-refractivity contribution in [3.63, 3.8) is 0 Å². The van der Waals surface area contributed by atoms with Crippen molar-refractivity contribution in [1.29, 1.82) is 0 Å². The first-order valence-corrected chi connectivity index (χ1v) is 23.0. The van der Waals surface area contributed by atoms with Crippen molar-refractivity contribution in [3.05, 3.63) is 310 Å². The topological polar surface area (TPSA) is 0 Å². The minimum absolute atomic E-state index is 0. The Balaban J connectivity index is 0.000000155. The van der Waals surface area contributed by atoms with E-state index in [1.165, 1.54) is 65.9 Å². The summed E-state index contributed by atoms with van der Waals surface area (Å²) in [7, 11) is -0.818. The molecule has 62 heavy (non-hydrogen) atoms. The van der Waals surface area contributed by atoms with Crippen LogP contribution in [0.5, 0.6) is 0 Å². The average molecular weight is 967 g/mol. The van der Waals surface area contributed by atoms with Crippen molar-refractivity contribution in [3.8, 4) is 0 Å². The van der Waals surface area contributed by atoms with Gasteiger partial charge in [0.05, 0.1) is 0 Å². The van der Waals surface area contributed by atoms with Gasteiger partial charge >= 0.3 is 17.1 Å². The Morgan fingerprint density at radius 2 is 0.597 bits per heavy atom. The SMILES string of the molecule is C=C1C(c2ccccc2)=CC(c2ccccc2)=C1c1ccccc1.[CH]1[CH][CH][C](P(c2ccccc2)c2ccccc2)[CH]1.[CH]1[CH][CH][C](P(c2ccccc2)c2ccccc2)[CH]1.[Fe+2].[Pd]. The molecular weight excluding hydrogens is 921 g/mol. The van der Waals surface area contributed by atoms with Gasteiger partial charge in [-0.2, -0.15) is 0 Å². The van der Waals surface area contributed by atoms with Gasteiger partial charge in [-0.05, 0) is 133 Å². The molecule has 7 aromatic carbocycles. The Kier molecular flexibility index (Phi) is 18.8. The molecule has 3 aliphatic rings. The van der Waals surface area contributed by atoms with E-state index in [0.29, 0.717) is 0 Å². The predicted molar refractivity (Wildman–Crippen MR) is 262 cm³/mol. The van der Waals surface area contributed by atoms with Gasteiger partial charge in [0.15, 0.2) is 0 Å². The second-order valence-electron chi connectivity index (χ2n) is 14.2. The molecule has 10 radical (unpaired) electrons. The molecule has 0 bridgehead atoms. The maximum absolute atomic E-state index is 4.42. The number of allylic oxidation sites excluding steroid dienone is 5. The molecule has 0 aromatic heterocycles. The van der Waals surface area contributed by atoms with Gasteiger partial charge < -0.3 is 0 Å². The van der Waals surface area contributed by atoms with Crippen LogP contribution in [-0.2, 0) is 37.5 Å². The van der Waals surface area contributed by atoms with Crippen LogP contribution in [0.1, 0.15) is 16.7 Å². The summed E-state index contributed by atoms with van der Waals surface area (Å²) in [4.78, 5) is 0. The van der Waals surface area contributed by atoms with Crippen LogP contribution in [0.25, 0.3) is 16.7 Å². The molecule has 4 heteroatoms. The van der Waals surface area contributed by atoms with Crippen LogP contribution in [-0.4, -0.2) is 0 Å². The van der Waals surface area contributed by atoms with Crippen molar-refractivity contribution in [1.82, 2.24) is 0 Å². The van der Waals surface area contributed by atoms with Crippen LogP contribution in [0, 0.1) is 62.7 Å². The van der Waals surface area contributed by atoms with Crippen LogP contribution in [0.3, 0.4) is 0 Å². The van der Waals surface area contributed by atoms with Gasteiger partial charge in [-0.1, -0.05) is 219 Å². The fourth-order valence-electron chi connectivity index (χ4n) is 7.48. The third-order valence-electron chi connectivity index (χ3n) is 10.3. The molecule has 3 aliphatic carbocycles. The molecule has 2 saturated carbocycles. The van der Waals surface area contributed by atoms with E-state index in [0.717, 1.165) is 5.57 Å². The van der Waals surface area contributed by atoms with Gasteiger partial charge in [-0.3, -0.25) is 0 Å². The Morgan fingerprint density at radius 3 is 0.919 bits per heavy atom. The summed E-state index contributed by atoms with van der Waals surface area (Å²) < 4.78 is 0. The van der Waals surface area contributed by atoms with E-state index in [-0.39, 0.29) is 37.5 Å². The first-order valence-electron chi connectivity index (χ1n) is 20.3. The maximum atomic E-state index is 4.42. The smallest absolute Gasteiger partial charge is 0.0905 e. The van der Waals surface area contributed by atoms with Crippen LogP contribution >= 0.6 is 15.8 Å². The normalized spacial score (nSPS) is 14.9. The molecule has 0 aliphatic heterocycles. The zero-order chi connectivity index (χ0) is 40.8. The Bertz CT molecular complexity index is 2250. The molecule has 0 unspecified atom stereocenters. The zero-order valence-electron chi connectivity index (χ0n) is 34.2. The Morgan fingerprint density at radius 1 is 0.323 bits per heavy atom. The van der Waals surface area contributed by atoms with Gasteiger partial charge in [-0.25, -0.2) is 0 Å².